The first-order valence-electron chi connectivity index (χ1n) is 6.37. The lowest BCUT2D eigenvalue weighted by Gasteiger charge is -2.24. The summed E-state index contributed by atoms with van der Waals surface area (Å²) in [5.74, 6) is -0.375. The molecule has 0 bridgehead atoms. The van der Waals surface area contributed by atoms with Crippen LogP contribution in [0.1, 0.15) is 38.8 Å². The molecule has 0 fully saturated rings. The van der Waals surface area contributed by atoms with Crippen molar-refractivity contribution in [1.82, 2.24) is 4.72 Å². The number of benzene rings is 1. The molecule has 7 heteroatoms. The minimum atomic E-state index is -1.33. The maximum absolute atomic E-state index is 13.8. The van der Waals surface area contributed by atoms with Gasteiger partial charge in [-0.1, -0.05) is 15.9 Å². The smallest absolute Gasteiger partial charge is 0.128 e. The number of hydrogen-bond donors (Lipinski definition) is 2. The van der Waals surface area contributed by atoms with Gasteiger partial charge >= 0.3 is 0 Å². The lowest BCUT2D eigenvalue weighted by molar-refractivity contribution is 0.271. The number of rotatable bonds is 5. The average molecular weight is 386 g/mol. The summed E-state index contributed by atoms with van der Waals surface area (Å²) in [7, 11) is -0.827. The molecule has 0 amide bonds. The third-order valence-electron chi connectivity index (χ3n) is 2.56. The van der Waals surface area contributed by atoms with E-state index < -0.39 is 21.8 Å². The van der Waals surface area contributed by atoms with E-state index in [1.807, 2.05) is 20.8 Å². The summed E-state index contributed by atoms with van der Waals surface area (Å²) in [6.07, 6.45) is 0.301. The van der Waals surface area contributed by atoms with Crippen molar-refractivity contribution in [2.75, 3.05) is 13.8 Å². The van der Waals surface area contributed by atoms with Crippen LogP contribution in [0, 0.1) is 5.82 Å². The molecular formula is C14H22BrF2NO2S. The van der Waals surface area contributed by atoms with E-state index in [0.29, 0.717) is 19.2 Å². The Balaban J connectivity index is 0.00000191. The summed E-state index contributed by atoms with van der Waals surface area (Å²) < 4.78 is 38.6. The molecule has 1 aromatic carbocycles. The summed E-state index contributed by atoms with van der Waals surface area (Å²) >= 11 is 3.29. The van der Waals surface area contributed by atoms with Crippen LogP contribution in [0.4, 0.5) is 8.78 Å². The van der Waals surface area contributed by atoms with Gasteiger partial charge in [-0.15, -0.1) is 0 Å². The van der Waals surface area contributed by atoms with Crippen LogP contribution in [0.25, 0.3) is 0 Å². The number of alkyl halides is 1. The monoisotopic (exact) mass is 385 g/mol. The molecule has 1 rings (SSSR count). The average Bonchev–Trinajstić information content (AvgIpc) is 2.42. The van der Waals surface area contributed by atoms with Gasteiger partial charge in [0, 0.05) is 22.7 Å². The third-order valence-corrected chi connectivity index (χ3v) is 4.66. The van der Waals surface area contributed by atoms with Gasteiger partial charge in [0.1, 0.15) is 5.82 Å². The van der Waals surface area contributed by atoms with E-state index in [2.05, 4.69) is 20.7 Å². The van der Waals surface area contributed by atoms with E-state index in [-0.39, 0.29) is 12.4 Å². The maximum Gasteiger partial charge on any atom is 0.128 e. The highest BCUT2D eigenvalue weighted by Gasteiger charge is 2.25. The molecule has 2 atom stereocenters. The quantitative estimate of drug-likeness (QED) is 0.812. The van der Waals surface area contributed by atoms with E-state index in [9.17, 15) is 13.0 Å². The van der Waals surface area contributed by atoms with Crippen LogP contribution in [0.5, 0.6) is 0 Å². The predicted octanol–water partition coefficient (Wildman–Crippen LogP) is 3.65. The van der Waals surface area contributed by atoms with Crippen LogP contribution in [-0.4, -0.2) is 27.8 Å². The molecule has 0 aliphatic carbocycles. The Labute approximate surface area is 135 Å². The first-order chi connectivity index (χ1) is 9.75. The Morgan fingerprint density at radius 2 is 1.95 bits per heavy atom. The molecule has 0 radical (unpaired) electrons. The van der Waals surface area contributed by atoms with E-state index in [1.54, 1.807) is 12.1 Å². The van der Waals surface area contributed by atoms with Crippen LogP contribution < -0.4 is 4.72 Å². The maximum atomic E-state index is 13.8. The van der Waals surface area contributed by atoms with Crippen LogP contribution in [0.2, 0.25) is 0 Å². The van der Waals surface area contributed by atoms with Gasteiger partial charge in [0.15, 0.2) is 0 Å². The molecule has 0 aliphatic rings. The van der Waals surface area contributed by atoms with Crippen molar-refractivity contribution in [2.45, 2.75) is 38.0 Å². The highest BCUT2D eigenvalue weighted by molar-refractivity contribution is 9.10. The highest BCUT2D eigenvalue weighted by atomic mass is 79.9. The van der Waals surface area contributed by atoms with Crippen molar-refractivity contribution in [3.05, 3.63) is 34.1 Å². The van der Waals surface area contributed by atoms with Crippen LogP contribution in [-0.2, 0) is 11.0 Å². The highest BCUT2D eigenvalue weighted by Crippen LogP contribution is 2.25. The van der Waals surface area contributed by atoms with Crippen molar-refractivity contribution < 1.29 is 18.1 Å². The fourth-order valence-corrected chi connectivity index (χ4v) is 2.73. The minimum absolute atomic E-state index is 0.106. The third kappa shape index (κ3) is 6.95. The first kappa shape index (κ1) is 20.6. The van der Waals surface area contributed by atoms with Gasteiger partial charge in [-0.2, -0.15) is 0 Å². The van der Waals surface area contributed by atoms with Gasteiger partial charge in [-0.05, 0) is 45.4 Å². The summed E-state index contributed by atoms with van der Waals surface area (Å²) in [5.41, 5.74) is 0.404. The zero-order valence-electron chi connectivity index (χ0n) is 12.6. The summed E-state index contributed by atoms with van der Waals surface area (Å²) in [5, 5.41) is 9.10. The molecule has 1 aromatic rings. The second kappa shape index (κ2) is 9.61. The lowest BCUT2D eigenvalue weighted by Crippen LogP contribution is -2.36. The van der Waals surface area contributed by atoms with Gasteiger partial charge in [0.25, 0.3) is 0 Å². The predicted molar refractivity (Wildman–Crippen MR) is 86.6 cm³/mol. The van der Waals surface area contributed by atoms with E-state index in [4.69, 9.17) is 5.11 Å². The number of aliphatic hydroxyl groups excluding tert-OH is 1. The molecule has 0 aliphatic heterocycles. The fourth-order valence-electron chi connectivity index (χ4n) is 1.49. The number of nitrogens with one attached hydrogen (secondary N) is 1. The Morgan fingerprint density at radius 1 is 1.38 bits per heavy atom. The molecule has 0 spiro atoms. The standard InChI is InChI=1S/C13H19BrFNO2S.CH3F/c1-13(2,3)19(18)16-12(6-7-17)10-8-9(14)4-5-11(10)15;1-2/h4-5,8,12,16-17H,6-7H2,1-3H3;1H3. The van der Waals surface area contributed by atoms with E-state index in [1.165, 1.54) is 6.07 Å². The summed E-state index contributed by atoms with van der Waals surface area (Å²) in [6, 6.07) is 4.12. The zero-order valence-corrected chi connectivity index (χ0v) is 15.0. The van der Waals surface area contributed by atoms with Gasteiger partial charge < -0.3 is 5.11 Å². The topological polar surface area (TPSA) is 49.3 Å². The van der Waals surface area contributed by atoms with Crippen molar-refractivity contribution in [1.29, 1.82) is 0 Å². The number of aliphatic hydroxyl groups is 1. The zero-order chi connectivity index (χ0) is 16.6. The van der Waals surface area contributed by atoms with E-state index in [0.717, 1.165) is 4.47 Å². The number of halogens is 3. The Hall–Kier alpha value is -0.370. The van der Waals surface area contributed by atoms with E-state index >= 15 is 0 Å². The summed E-state index contributed by atoms with van der Waals surface area (Å²) in [6.45, 7) is 5.40. The van der Waals surface area contributed by atoms with Crippen molar-refractivity contribution >= 4 is 26.9 Å². The molecule has 2 unspecified atom stereocenters. The molecule has 122 valence electrons. The molecule has 21 heavy (non-hydrogen) atoms. The molecule has 0 saturated carbocycles. The van der Waals surface area contributed by atoms with Gasteiger partial charge in [-0.3, -0.25) is 4.39 Å². The molecule has 3 nitrogen and oxygen atoms in total. The largest absolute Gasteiger partial charge is 0.396 e. The van der Waals surface area contributed by atoms with Crippen LogP contribution in [0.15, 0.2) is 22.7 Å². The number of hydrogen-bond acceptors (Lipinski definition) is 2. The minimum Gasteiger partial charge on any atom is -0.396 e. The second-order valence-electron chi connectivity index (χ2n) is 5.23. The second-order valence-corrected chi connectivity index (χ2v) is 8.14. The van der Waals surface area contributed by atoms with Crippen molar-refractivity contribution in [3.63, 3.8) is 0 Å². The van der Waals surface area contributed by atoms with Crippen molar-refractivity contribution in [2.24, 2.45) is 0 Å². The van der Waals surface area contributed by atoms with Gasteiger partial charge in [-0.25, -0.2) is 13.3 Å². The van der Waals surface area contributed by atoms with Crippen molar-refractivity contribution in [3.8, 4) is 0 Å². The van der Waals surface area contributed by atoms with Crippen LogP contribution >= 0.6 is 15.9 Å². The Bertz CT molecular complexity index is 467. The molecular weight excluding hydrogens is 364 g/mol. The molecule has 0 aromatic heterocycles. The Morgan fingerprint density at radius 3 is 2.43 bits per heavy atom. The Kier molecular flexibility index (Phi) is 9.44. The molecule has 2 N–H and O–H groups in total. The fraction of sp³-hybridized carbons (Fsp3) is 0.571. The SMILES string of the molecule is CC(C)(C)S(=O)NC(CCO)c1cc(Br)ccc1F.CF. The van der Waals surface area contributed by atoms with Gasteiger partial charge in [0.2, 0.25) is 0 Å². The van der Waals surface area contributed by atoms with Crippen LogP contribution in [0.3, 0.4) is 0 Å². The summed E-state index contributed by atoms with van der Waals surface area (Å²) in [4.78, 5) is 0. The molecule has 0 heterocycles. The van der Waals surface area contributed by atoms with Gasteiger partial charge in [0.05, 0.1) is 22.9 Å². The normalized spacial score (nSPS) is 14.1. The molecule has 0 saturated heterocycles. The lowest BCUT2D eigenvalue weighted by atomic mass is 10.0. The first-order valence-corrected chi connectivity index (χ1v) is 8.31.